The summed E-state index contributed by atoms with van der Waals surface area (Å²) in [5.74, 6) is 0.510. The highest BCUT2D eigenvalue weighted by molar-refractivity contribution is 6.36. The van der Waals surface area contributed by atoms with Gasteiger partial charge in [-0.15, -0.1) is 10.2 Å². The van der Waals surface area contributed by atoms with E-state index < -0.39 is 0 Å². The van der Waals surface area contributed by atoms with E-state index in [1.807, 2.05) is 91.5 Å². The number of amides is 2. The molecule has 7 nitrogen and oxygen atoms in total. The van der Waals surface area contributed by atoms with E-state index in [2.05, 4.69) is 15.1 Å². The highest BCUT2D eigenvalue weighted by atomic mass is 35.5. The molecule has 0 unspecified atom stereocenters. The standard InChI is InChI=1S/C32H31Cl2N5O2/c1-22-8-6-7-11-26(22)32(41)39(23(2)24-9-4-3-5-10-24)21-31(40)38-18-16-37(17-19-38)30-15-14-29(35-36-30)27-13-12-25(33)20-28(27)34/h3-15,20,23H,16-19,21H2,1-2H3/t23-/m1/s1. The smallest absolute Gasteiger partial charge is 0.255 e. The minimum atomic E-state index is -0.267. The fraction of sp³-hybridized carbons (Fsp3) is 0.250. The lowest BCUT2D eigenvalue weighted by atomic mass is 10.0. The van der Waals surface area contributed by atoms with Crippen molar-refractivity contribution in [1.29, 1.82) is 0 Å². The first kappa shape index (κ1) is 28.6. The molecule has 41 heavy (non-hydrogen) atoms. The average Bonchev–Trinajstić information content (AvgIpc) is 3.00. The Kier molecular flexibility index (Phi) is 8.86. The Morgan fingerprint density at radius 3 is 2.24 bits per heavy atom. The molecule has 1 aromatic heterocycles. The number of nitrogens with zero attached hydrogens (tertiary/aromatic N) is 5. The zero-order chi connectivity index (χ0) is 28.9. The predicted molar refractivity (Wildman–Crippen MR) is 163 cm³/mol. The summed E-state index contributed by atoms with van der Waals surface area (Å²) in [6, 6.07) is 26.1. The number of hydrogen-bond acceptors (Lipinski definition) is 5. The Morgan fingerprint density at radius 2 is 1.59 bits per heavy atom. The van der Waals surface area contributed by atoms with Gasteiger partial charge in [0.2, 0.25) is 5.91 Å². The van der Waals surface area contributed by atoms with Crippen molar-refractivity contribution in [3.63, 3.8) is 0 Å². The number of rotatable bonds is 7. The van der Waals surface area contributed by atoms with Gasteiger partial charge in [-0.25, -0.2) is 0 Å². The normalized spacial score (nSPS) is 14.0. The highest BCUT2D eigenvalue weighted by Crippen LogP contribution is 2.29. The van der Waals surface area contributed by atoms with Crippen LogP contribution in [0.1, 0.15) is 34.5 Å². The molecule has 2 amide bonds. The van der Waals surface area contributed by atoms with Crippen molar-refractivity contribution in [1.82, 2.24) is 20.0 Å². The van der Waals surface area contributed by atoms with Crippen LogP contribution in [0.15, 0.2) is 84.9 Å². The lowest BCUT2D eigenvalue weighted by Gasteiger charge is -2.37. The number of anilines is 1. The molecule has 0 N–H and O–H groups in total. The molecule has 5 rings (SSSR count). The van der Waals surface area contributed by atoms with Gasteiger partial charge in [0.15, 0.2) is 5.82 Å². The summed E-state index contributed by atoms with van der Waals surface area (Å²) < 4.78 is 0. The lowest BCUT2D eigenvalue weighted by molar-refractivity contribution is -0.132. The summed E-state index contributed by atoms with van der Waals surface area (Å²) in [6.45, 7) is 6.16. The quantitative estimate of drug-likeness (QED) is 0.253. The third kappa shape index (κ3) is 6.53. The fourth-order valence-electron chi connectivity index (χ4n) is 5.03. The molecule has 210 valence electrons. The molecule has 1 fully saturated rings. The number of aryl methyl sites for hydroxylation is 1. The molecule has 0 radical (unpaired) electrons. The van der Waals surface area contributed by atoms with Crippen molar-refractivity contribution < 1.29 is 9.59 Å². The van der Waals surface area contributed by atoms with E-state index >= 15 is 0 Å². The van der Waals surface area contributed by atoms with Gasteiger partial charge in [-0.1, -0.05) is 71.7 Å². The molecule has 1 saturated heterocycles. The second-order valence-electron chi connectivity index (χ2n) is 10.1. The zero-order valence-corrected chi connectivity index (χ0v) is 24.5. The summed E-state index contributed by atoms with van der Waals surface area (Å²) in [5, 5.41) is 9.86. The third-order valence-corrected chi connectivity index (χ3v) is 8.05. The van der Waals surface area contributed by atoms with Crippen molar-refractivity contribution in [3.05, 3.63) is 112 Å². The van der Waals surface area contributed by atoms with E-state index in [9.17, 15) is 9.59 Å². The molecule has 1 atom stereocenters. The third-order valence-electron chi connectivity index (χ3n) is 7.51. The minimum Gasteiger partial charge on any atom is -0.352 e. The second kappa shape index (κ2) is 12.7. The van der Waals surface area contributed by atoms with Crippen LogP contribution in [0.25, 0.3) is 11.3 Å². The van der Waals surface area contributed by atoms with Crippen LogP contribution >= 0.6 is 23.2 Å². The number of benzene rings is 3. The van der Waals surface area contributed by atoms with E-state index in [-0.39, 0.29) is 24.4 Å². The molecule has 0 aliphatic carbocycles. The van der Waals surface area contributed by atoms with Crippen molar-refractivity contribution >= 4 is 40.8 Å². The van der Waals surface area contributed by atoms with E-state index in [0.717, 1.165) is 22.5 Å². The SMILES string of the molecule is Cc1ccccc1C(=O)N(CC(=O)N1CCN(c2ccc(-c3ccc(Cl)cc3Cl)nn2)CC1)[C@H](C)c1ccccc1. The molecule has 3 aromatic carbocycles. The van der Waals surface area contributed by atoms with E-state index in [1.165, 1.54) is 0 Å². The minimum absolute atomic E-state index is 0.000414. The second-order valence-corrected chi connectivity index (χ2v) is 10.9. The maximum Gasteiger partial charge on any atom is 0.255 e. The van der Waals surface area contributed by atoms with Crippen molar-refractivity contribution in [3.8, 4) is 11.3 Å². The van der Waals surface area contributed by atoms with Gasteiger partial charge in [0.1, 0.15) is 6.54 Å². The van der Waals surface area contributed by atoms with Crippen LogP contribution < -0.4 is 4.90 Å². The fourth-order valence-corrected chi connectivity index (χ4v) is 5.53. The summed E-state index contributed by atoms with van der Waals surface area (Å²) >= 11 is 12.3. The number of carbonyl (C=O) groups excluding carboxylic acids is 2. The number of aromatic nitrogens is 2. The van der Waals surface area contributed by atoms with Crippen LogP contribution in [0.4, 0.5) is 5.82 Å². The highest BCUT2D eigenvalue weighted by Gasteiger charge is 2.29. The van der Waals surface area contributed by atoms with Crippen LogP contribution in [0, 0.1) is 6.92 Å². The maximum atomic E-state index is 13.7. The average molecular weight is 589 g/mol. The monoisotopic (exact) mass is 587 g/mol. The first-order valence-corrected chi connectivity index (χ1v) is 14.3. The molecular formula is C32H31Cl2N5O2. The van der Waals surface area contributed by atoms with Crippen molar-refractivity contribution in [2.24, 2.45) is 0 Å². The first-order valence-electron chi connectivity index (χ1n) is 13.5. The molecule has 1 aliphatic rings. The van der Waals surface area contributed by atoms with Crippen LogP contribution in [-0.4, -0.2) is 64.5 Å². The Labute approximate surface area is 250 Å². The van der Waals surface area contributed by atoms with Gasteiger partial charge in [-0.2, -0.15) is 0 Å². The first-order chi connectivity index (χ1) is 19.8. The van der Waals surface area contributed by atoms with Crippen molar-refractivity contribution in [2.45, 2.75) is 19.9 Å². The molecule has 0 spiro atoms. The zero-order valence-electron chi connectivity index (χ0n) is 23.0. The predicted octanol–water partition coefficient (Wildman–Crippen LogP) is 6.31. The molecule has 9 heteroatoms. The largest absolute Gasteiger partial charge is 0.352 e. The Bertz CT molecular complexity index is 1520. The van der Waals surface area contributed by atoms with Gasteiger partial charge in [-0.05, 0) is 61.4 Å². The van der Waals surface area contributed by atoms with E-state index in [0.29, 0.717) is 47.5 Å². The summed E-state index contributed by atoms with van der Waals surface area (Å²) in [7, 11) is 0. The van der Waals surface area contributed by atoms with Crippen molar-refractivity contribution in [2.75, 3.05) is 37.6 Å². The van der Waals surface area contributed by atoms with Gasteiger partial charge in [0.05, 0.1) is 16.8 Å². The maximum absolute atomic E-state index is 13.7. The molecule has 0 bridgehead atoms. The topological polar surface area (TPSA) is 69.6 Å². The summed E-state index contributed by atoms with van der Waals surface area (Å²) in [5.41, 5.74) is 3.90. The molecule has 4 aromatic rings. The van der Waals surface area contributed by atoms with Crippen LogP contribution in [-0.2, 0) is 4.79 Å². The lowest BCUT2D eigenvalue weighted by Crippen LogP contribution is -2.52. The Morgan fingerprint density at radius 1 is 0.878 bits per heavy atom. The molecule has 2 heterocycles. The Hall–Kier alpha value is -3.94. The van der Waals surface area contributed by atoms with Crippen LogP contribution in [0.5, 0.6) is 0 Å². The number of piperazine rings is 1. The van der Waals surface area contributed by atoms with Gasteiger partial charge < -0.3 is 14.7 Å². The molecule has 1 aliphatic heterocycles. The molecular weight excluding hydrogens is 557 g/mol. The molecule has 0 saturated carbocycles. The van der Waals surface area contributed by atoms with Gasteiger partial charge >= 0.3 is 0 Å². The van der Waals surface area contributed by atoms with Crippen LogP contribution in [0.2, 0.25) is 10.0 Å². The number of hydrogen-bond donors (Lipinski definition) is 0. The van der Waals surface area contributed by atoms with E-state index in [4.69, 9.17) is 23.2 Å². The summed E-state index contributed by atoms with van der Waals surface area (Å²) in [6.07, 6.45) is 0. The Balaban J connectivity index is 1.26. The number of carbonyl (C=O) groups is 2. The van der Waals surface area contributed by atoms with Gasteiger partial charge in [-0.3, -0.25) is 9.59 Å². The van der Waals surface area contributed by atoms with E-state index in [1.54, 1.807) is 17.0 Å². The van der Waals surface area contributed by atoms with Crippen LogP contribution in [0.3, 0.4) is 0 Å². The van der Waals surface area contributed by atoms with Gasteiger partial charge in [0.25, 0.3) is 5.91 Å². The van der Waals surface area contributed by atoms with Gasteiger partial charge in [0, 0.05) is 42.3 Å². The summed E-state index contributed by atoms with van der Waals surface area (Å²) in [4.78, 5) is 32.9. The number of halogens is 2.